The van der Waals surface area contributed by atoms with Gasteiger partial charge in [0.25, 0.3) is 0 Å². The summed E-state index contributed by atoms with van der Waals surface area (Å²) in [4.78, 5) is 0. The van der Waals surface area contributed by atoms with Crippen LogP contribution < -0.4 is 0 Å². The van der Waals surface area contributed by atoms with Gasteiger partial charge in [-0.25, -0.2) is 4.68 Å². The Kier molecular flexibility index (Phi) is 2.88. The molecular formula is C16H15N3. The van der Waals surface area contributed by atoms with Gasteiger partial charge in [-0.05, 0) is 43.2 Å². The fraction of sp³-hybridized carbons (Fsp3) is 0.125. The molecule has 3 heteroatoms. The van der Waals surface area contributed by atoms with Crippen molar-refractivity contribution < 1.29 is 0 Å². The van der Waals surface area contributed by atoms with Crippen molar-refractivity contribution in [2.24, 2.45) is 0 Å². The first-order valence-corrected chi connectivity index (χ1v) is 6.29. The smallest absolute Gasteiger partial charge is 0.113 e. The second-order valence-electron chi connectivity index (χ2n) is 4.68. The number of hydrogen-bond donors (Lipinski definition) is 0. The molecule has 0 spiro atoms. The van der Waals surface area contributed by atoms with E-state index >= 15 is 0 Å². The molecule has 0 amide bonds. The van der Waals surface area contributed by atoms with Gasteiger partial charge in [0.05, 0.1) is 11.9 Å². The lowest BCUT2D eigenvalue weighted by atomic mass is 10.0. The standard InChI is InChI=1S/C16H15N3/c1-12-8-9-14(10-13(12)2)16-11-19(18-17-16)15-6-4-3-5-7-15/h3-11H,1-2H3. The maximum Gasteiger partial charge on any atom is 0.113 e. The minimum absolute atomic E-state index is 0.895. The van der Waals surface area contributed by atoms with E-state index in [9.17, 15) is 0 Å². The summed E-state index contributed by atoms with van der Waals surface area (Å²) in [5, 5.41) is 8.43. The average Bonchev–Trinajstić information content (AvgIpc) is 2.93. The van der Waals surface area contributed by atoms with E-state index in [1.54, 1.807) is 4.68 Å². The molecule has 94 valence electrons. The molecule has 0 atom stereocenters. The zero-order valence-corrected chi connectivity index (χ0v) is 11.0. The topological polar surface area (TPSA) is 30.7 Å². The Morgan fingerprint density at radius 1 is 0.895 bits per heavy atom. The van der Waals surface area contributed by atoms with E-state index in [4.69, 9.17) is 0 Å². The highest BCUT2D eigenvalue weighted by molar-refractivity contribution is 5.60. The third kappa shape index (κ3) is 2.27. The fourth-order valence-corrected chi connectivity index (χ4v) is 2.00. The average molecular weight is 249 g/mol. The minimum atomic E-state index is 0.895. The van der Waals surface area contributed by atoms with Gasteiger partial charge in [0, 0.05) is 5.56 Å². The van der Waals surface area contributed by atoms with Gasteiger partial charge < -0.3 is 0 Å². The summed E-state index contributed by atoms with van der Waals surface area (Å²) in [7, 11) is 0. The van der Waals surface area contributed by atoms with Crippen molar-refractivity contribution in [3.05, 3.63) is 65.9 Å². The lowest BCUT2D eigenvalue weighted by Gasteiger charge is -2.01. The normalized spacial score (nSPS) is 10.6. The quantitative estimate of drug-likeness (QED) is 0.695. The summed E-state index contributed by atoms with van der Waals surface area (Å²) in [6.45, 7) is 4.22. The van der Waals surface area contributed by atoms with Crippen LogP contribution in [0.5, 0.6) is 0 Å². The lowest BCUT2D eigenvalue weighted by Crippen LogP contribution is -1.93. The molecule has 1 aromatic heterocycles. The first kappa shape index (κ1) is 11.7. The van der Waals surface area contributed by atoms with Gasteiger partial charge in [0.15, 0.2) is 0 Å². The number of aryl methyl sites for hydroxylation is 2. The monoisotopic (exact) mass is 249 g/mol. The van der Waals surface area contributed by atoms with Crippen molar-refractivity contribution in [3.8, 4) is 16.9 Å². The third-order valence-electron chi connectivity index (χ3n) is 3.32. The second kappa shape index (κ2) is 4.69. The van der Waals surface area contributed by atoms with Crippen molar-refractivity contribution in [3.63, 3.8) is 0 Å². The predicted molar refractivity (Wildman–Crippen MR) is 76.3 cm³/mol. The second-order valence-corrected chi connectivity index (χ2v) is 4.68. The molecular weight excluding hydrogens is 234 g/mol. The summed E-state index contributed by atoms with van der Waals surface area (Å²) in [6.07, 6.45) is 1.96. The number of rotatable bonds is 2. The highest BCUT2D eigenvalue weighted by Crippen LogP contribution is 2.20. The highest BCUT2D eigenvalue weighted by atomic mass is 15.4. The lowest BCUT2D eigenvalue weighted by molar-refractivity contribution is 0.804. The molecule has 0 unspecified atom stereocenters. The van der Waals surface area contributed by atoms with Crippen LogP contribution in [0.3, 0.4) is 0 Å². The highest BCUT2D eigenvalue weighted by Gasteiger charge is 2.05. The summed E-state index contributed by atoms with van der Waals surface area (Å²) >= 11 is 0. The molecule has 1 heterocycles. The van der Waals surface area contributed by atoms with Crippen molar-refractivity contribution >= 4 is 0 Å². The van der Waals surface area contributed by atoms with E-state index in [0.29, 0.717) is 0 Å². The van der Waals surface area contributed by atoms with Gasteiger partial charge in [0.2, 0.25) is 0 Å². The van der Waals surface area contributed by atoms with E-state index in [1.807, 2.05) is 36.5 Å². The van der Waals surface area contributed by atoms with Gasteiger partial charge in [-0.1, -0.05) is 35.5 Å². The van der Waals surface area contributed by atoms with Gasteiger partial charge >= 0.3 is 0 Å². The Bertz CT molecular complexity index is 699. The van der Waals surface area contributed by atoms with Gasteiger partial charge in [-0.2, -0.15) is 0 Å². The maximum absolute atomic E-state index is 4.25. The molecule has 0 fully saturated rings. The predicted octanol–water partition coefficient (Wildman–Crippen LogP) is 3.55. The summed E-state index contributed by atoms with van der Waals surface area (Å²) in [5.74, 6) is 0. The summed E-state index contributed by atoms with van der Waals surface area (Å²) < 4.78 is 1.80. The number of para-hydroxylation sites is 1. The summed E-state index contributed by atoms with van der Waals surface area (Å²) in [5.41, 5.74) is 5.58. The van der Waals surface area contributed by atoms with Crippen molar-refractivity contribution in [2.75, 3.05) is 0 Å². The van der Waals surface area contributed by atoms with Gasteiger partial charge in [-0.15, -0.1) is 5.10 Å². The molecule has 0 bridgehead atoms. The molecule has 0 saturated carbocycles. The van der Waals surface area contributed by atoms with Crippen LogP contribution in [-0.4, -0.2) is 15.0 Å². The number of nitrogens with zero attached hydrogens (tertiary/aromatic N) is 3. The third-order valence-corrected chi connectivity index (χ3v) is 3.32. The number of hydrogen-bond acceptors (Lipinski definition) is 2. The Hall–Kier alpha value is -2.42. The molecule has 3 nitrogen and oxygen atoms in total. The SMILES string of the molecule is Cc1ccc(-c2cn(-c3ccccc3)nn2)cc1C. The van der Waals surface area contributed by atoms with E-state index < -0.39 is 0 Å². The number of benzene rings is 2. The van der Waals surface area contributed by atoms with Crippen LogP contribution in [0.4, 0.5) is 0 Å². The van der Waals surface area contributed by atoms with Crippen LogP contribution in [0.2, 0.25) is 0 Å². The van der Waals surface area contributed by atoms with Crippen LogP contribution in [0.25, 0.3) is 16.9 Å². The summed E-state index contributed by atoms with van der Waals surface area (Å²) in [6, 6.07) is 16.4. The van der Waals surface area contributed by atoms with E-state index in [1.165, 1.54) is 11.1 Å². The first-order chi connectivity index (χ1) is 9.24. The fourth-order valence-electron chi connectivity index (χ4n) is 2.00. The largest absolute Gasteiger partial charge is 0.220 e. The zero-order valence-electron chi connectivity index (χ0n) is 11.0. The van der Waals surface area contributed by atoms with Crippen LogP contribution in [0.15, 0.2) is 54.7 Å². The Balaban J connectivity index is 1.99. The van der Waals surface area contributed by atoms with Crippen molar-refractivity contribution in [2.45, 2.75) is 13.8 Å². The van der Waals surface area contributed by atoms with Crippen LogP contribution in [-0.2, 0) is 0 Å². The number of aromatic nitrogens is 3. The first-order valence-electron chi connectivity index (χ1n) is 6.29. The van der Waals surface area contributed by atoms with Crippen LogP contribution >= 0.6 is 0 Å². The van der Waals surface area contributed by atoms with E-state index in [0.717, 1.165) is 16.9 Å². The molecule has 19 heavy (non-hydrogen) atoms. The minimum Gasteiger partial charge on any atom is -0.220 e. The molecule has 0 aliphatic rings. The zero-order chi connectivity index (χ0) is 13.2. The molecule has 2 aromatic carbocycles. The Morgan fingerprint density at radius 2 is 1.68 bits per heavy atom. The molecule has 3 aromatic rings. The Morgan fingerprint density at radius 3 is 2.42 bits per heavy atom. The van der Waals surface area contributed by atoms with Gasteiger partial charge in [-0.3, -0.25) is 0 Å². The molecule has 0 saturated heterocycles. The molecule has 0 N–H and O–H groups in total. The molecule has 0 aliphatic heterocycles. The molecule has 0 radical (unpaired) electrons. The van der Waals surface area contributed by atoms with Crippen molar-refractivity contribution in [1.29, 1.82) is 0 Å². The Labute approximate surface area is 112 Å². The van der Waals surface area contributed by atoms with Gasteiger partial charge in [0.1, 0.15) is 5.69 Å². The van der Waals surface area contributed by atoms with Crippen LogP contribution in [0, 0.1) is 13.8 Å². The van der Waals surface area contributed by atoms with Crippen molar-refractivity contribution in [1.82, 2.24) is 15.0 Å². The van der Waals surface area contributed by atoms with E-state index in [-0.39, 0.29) is 0 Å². The molecule has 3 rings (SSSR count). The molecule has 0 aliphatic carbocycles. The van der Waals surface area contributed by atoms with Crippen LogP contribution in [0.1, 0.15) is 11.1 Å². The maximum atomic E-state index is 4.25. The van der Waals surface area contributed by atoms with E-state index in [2.05, 4.69) is 42.4 Å².